The number of nitrogens with one attached hydrogen (secondary N) is 1. The van der Waals surface area contributed by atoms with Crippen molar-refractivity contribution >= 4 is 27.3 Å². The van der Waals surface area contributed by atoms with Crippen LogP contribution in [0.3, 0.4) is 0 Å². The maximum atomic E-state index is 11.2. The summed E-state index contributed by atoms with van der Waals surface area (Å²) < 4.78 is 21.6. The summed E-state index contributed by atoms with van der Waals surface area (Å²) in [5.41, 5.74) is 0. The van der Waals surface area contributed by atoms with Gasteiger partial charge in [-0.2, -0.15) is 0 Å². The fourth-order valence-electron chi connectivity index (χ4n) is 0.617. The van der Waals surface area contributed by atoms with Gasteiger partial charge in [0.05, 0.1) is 4.75 Å². The summed E-state index contributed by atoms with van der Waals surface area (Å²) in [6.45, 7) is 3.26. The van der Waals surface area contributed by atoms with Crippen LogP contribution >= 0.6 is 11.6 Å². The number of amides is 1. The van der Waals surface area contributed by atoms with Gasteiger partial charge >= 0.3 is 0 Å². The third-order valence-corrected chi connectivity index (χ3v) is 4.38. The van der Waals surface area contributed by atoms with E-state index in [-0.39, 0.29) is 24.8 Å². The summed E-state index contributed by atoms with van der Waals surface area (Å²) in [5.74, 6) is 0.0160. The van der Waals surface area contributed by atoms with Crippen molar-refractivity contribution in [2.75, 3.05) is 18.7 Å². The van der Waals surface area contributed by atoms with Crippen LogP contribution in [0.1, 0.15) is 20.3 Å². The number of alkyl halides is 1. The van der Waals surface area contributed by atoms with Gasteiger partial charge < -0.3 is 5.32 Å². The minimum atomic E-state index is -3.16. The average Bonchev–Trinajstić information content (AvgIpc) is 1.99. The van der Waals surface area contributed by atoms with Crippen molar-refractivity contribution < 1.29 is 13.2 Å². The van der Waals surface area contributed by atoms with Gasteiger partial charge in [0.1, 0.15) is 0 Å². The molecular weight excluding hydrogens is 226 g/mol. The van der Waals surface area contributed by atoms with E-state index in [1.165, 1.54) is 0 Å². The summed E-state index contributed by atoms with van der Waals surface area (Å²) in [4.78, 5) is 11.0. The van der Waals surface area contributed by atoms with Crippen molar-refractivity contribution in [1.29, 1.82) is 0 Å². The van der Waals surface area contributed by atoms with Gasteiger partial charge in [0.25, 0.3) is 0 Å². The lowest BCUT2D eigenvalue weighted by atomic mass is 10.2. The Kier molecular flexibility index (Phi) is 4.88. The highest BCUT2D eigenvalue weighted by Crippen LogP contribution is 2.13. The van der Waals surface area contributed by atoms with E-state index in [9.17, 15) is 13.2 Å². The van der Waals surface area contributed by atoms with Gasteiger partial charge in [-0.1, -0.05) is 0 Å². The van der Waals surface area contributed by atoms with E-state index in [0.29, 0.717) is 0 Å². The largest absolute Gasteiger partial charge is 0.355 e. The van der Waals surface area contributed by atoms with E-state index < -0.39 is 14.6 Å². The second-order valence-corrected chi connectivity index (χ2v) is 6.78. The van der Waals surface area contributed by atoms with E-state index in [4.69, 9.17) is 11.6 Å². The van der Waals surface area contributed by atoms with Crippen LogP contribution in [0.2, 0.25) is 0 Å². The van der Waals surface area contributed by atoms with E-state index in [2.05, 4.69) is 5.32 Å². The SMILES string of the molecule is CC(C)(CNC(=O)CCCl)S(C)(=O)=O. The molecule has 0 heterocycles. The molecule has 1 N–H and O–H groups in total. The van der Waals surface area contributed by atoms with Crippen LogP contribution in [0.5, 0.6) is 0 Å². The fraction of sp³-hybridized carbons (Fsp3) is 0.875. The Morgan fingerprint density at radius 2 is 1.93 bits per heavy atom. The maximum absolute atomic E-state index is 11.2. The van der Waals surface area contributed by atoms with Gasteiger partial charge in [-0.05, 0) is 13.8 Å². The van der Waals surface area contributed by atoms with Gasteiger partial charge in [0.2, 0.25) is 5.91 Å². The predicted octanol–water partition coefficient (Wildman–Crippen LogP) is 0.555. The highest BCUT2D eigenvalue weighted by Gasteiger charge is 2.30. The Bertz CT molecular complexity index is 298. The molecule has 14 heavy (non-hydrogen) atoms. The number of hydrogen-bond donors (Lipinski definition) is 1. The zero-order valence-corrected chi connectivity index (χ0v) is 10.2. The molecule has 0 fully saturated rings. The third-order valence-electron chi connectivity index (χ3n) is 2.04. The first-order valence-electron chi connectivity index (χ1n) is 4.23. The second kappa shape index (κ2) is 4.98. The molecule has 0 bridgehead atoms. The molecule has 0 aliphatic heterocycles. The molecule has 0 spiro atoms. The lowest BCUT2D eigenvalue weighted by molar-refractivity contribution is -0.120. The van der Waals surface area contributed by atoms with E-state index in [1.807, 2.05) is 0 Å². The third kappa shape index (κ3) is 4.28. The van der Waals surface area contributed by atoms with Crippen molar-refractivity contribution in [2.24, 2.45) is 0 Å². The van der Waals surface area contributed by atoms with Crippen molar-refractivity contribution in [1.82, 2.24) is 5.32 Å². The van der Waals surface area contributed by atoms with Gasteiger partial charge in [-0.3, -0.25) is 4.79 Å². The van der Waals surface area contributed by atoms with Gasteiger partial charge in [-0.15, -0.1) is 11.6 Å². The van der Waals surface area contributed by atoms with Crippen LogP contribution in [0.15, 0.2) is 0 Å². The van der Waals surface area contributed by atoms with Gasteiger partial charge in [0.15, 0.2) is 9.84 Å². The molecule has 1 amide bonds. The Hall–Kier alpha value is -0.290. The summed E-state index contributed by atoms with van der Waals surface area (Å²) in [6, 6.07) is 0. The quantitative estimate of drug-likeness (QED) is 0.716. The Morgan fingerprint density at radius 1 is 1.43 bits per heavy atom. The zero-order chi connectivity index (χ0) is 11.4. The number of sulfone groups is 1. The molecule has 4 nitrogen and oxygen atoms in total. The average molecular weight is 242 g/mol. The topological polar surface area (TPSA) is 63.2 Å². The first kappa shape index (κ1) is 13.7. The molecule has 84 valence electrons. The van der Waals surface area contributed by atoms with Crippen molar-refractivity contribution in [2.45, 2.75) is 25.0 Å². The predicted molar refractivity (Wildman–Crippen MR) is 57.3 cm³/mol. The van der Waals surface area contributed by atoms with Crippen molar-refractivity contribution in [3.8, 4) is 0 Å². The number of rotatable bonds is 5. The van der Waals surface area contributed by atoms with Crippen LogP contribution in [-0.2, 0) is 14.6 Å². The lowest BCUT2D eigenvalue weighted by Crippen LogP contribution is -2.43. The molecule has 0 aliphatic carbocycles. The fourth-order valence-corrected chi connectivity index (χ4v) is 1.12. The van der Waals surface area contributed by atoms with Crippen molar-refractivity contribution in [3.05, 3.63) is 0 Å². The second-order valence-electron chi connectivity index (χ2n) is 3.75. The molecule has 0 aromatic carbocycles. The number of halogens is 1. The monoisotopic (exact) mass is 241 g/mol. The summed E-state index contributed by atoms with van der Waals surface area (Å²) in [6.07, 6.45) is 1.36. The Labute approximate surface area is 89.9 Å². The first-order chi connectivity index (χ1) is 6.20. The molecule has 0 aliphatic rings. The van der Waals surface area contributed by atoms with Gasteiger partial charge in [-0.25, -0.2) is 8.42 Å². The van der Waals surface area contributed by atoms with Crippen molar-refractivity contribution in [3.63, 3.8) is 0 Å². The molecular formula is C8H16ClNO3S. The number of carbonyl (C=O) groups is 1. The molecule has 0 radical (unpaired) electrons. The number of carbonyl (C=O) groups excluding carboxylic acids is 1. The zero-order valence-electron chi connectivity index (χ0n) is 8.63. The highest BCUT2D eigenvalue weighted by molar-refractivity contribution is 7.92. The van der Waals surface area contributed by atoms with Crippen LogP contribution in [0.4, 0.5) is 0 Å². The van der Waals surface area contributed by atoms with E-state index >= 15 is 0 Å². The van der Waals surface area contributed by atoms with Crippen LogP contribution in [0, 0.1) is 0 Å². The minimum Gasteiger partial charge on any atom is -0.355 e. The maximum Gasteiger partial charge on any atom is 0.221 e. The standard InChI is InChI=1S/C8H16ClNO3S/c1-8(2,14(3,12)13)6-10-7(11)4-5-9/h4-6H2,1-3H3,(H,10,11). The first-order valence-corrected chi connectivity index (χ1v) is 6.65. The van der Waals surface area contributed by atoms with Gasteiger partial charge in [0, 0.05) is 25.1 Å². The molecule has 6 heteroatoms. The van der Waals surface area contributed by atoms with E-state index in [0.717, 1.165) is 6.26 Å². The smallest absolute Gasteiger partial charge is 0.221 e. The minimum absolute atomic E-state index is 0.113. The lowest BCUT2D eigenvalue weighted by Gasteiger charge is -2.22. The highest BCUT2D eigenvalue weighted by atomic mass is 35.5. The molecule has 0 saturated heterocycles. The summed E-state index contributed by atoms with van der Waals surface area (Å²) in [7, 11) is -3.16. The van der Waals surface area contributed by atoms with Crippen LogP contribution in [0.25, 0.3) is 0 Å². The Morgan fingerprint density at radius 3 is 2.29 bits per heavy atom. The number of hydrogen-bond acceptors (Lipinski definition) is 3. The molecule has 0 unspecified atom stereocenters. The normalized spacial score (nSPS) is 12.6. The Balaban J connectivity index is 4.20. The summed E-state index contributed by atoms with van der Waals surface area (Å²) >= 11 is 5.36. The molecule has 0 atom stereocenters. The van der Waals surface area contributed by atoms with Crippen LogP contribution < -0.4 is 5.32 Å². The molecule has 0 aromatic rings. The molecule has 0 saturated carbocycles. The van der Waals surface area contributed by atoms with E-state index in [1.54, 1.807) is 13.8 Å². The summed E-state index contributed by atoms with van der Waals surface area (Å²) in [5, 5.41) is 2.53. The molecule has 0 rings (SSSR count). The molecule has 0 aromatic heterocycles. The van der Waals surface area contributed by atoms with Crippen LogP contribution in [-0.4, -0.2) is 37.8 Å².